The van der Waals surface area contributed by atoms with Crippen LogP contribution >= 0.6 is 0 Å². The van der Waals surface area contributed by atoms with E-state index in [1.807, 2.05) is 0 Å². The van der Waals surface area contributed by atoms with Crippen molar-refractivity contribution in [3.63, 3.8) is 0 Å². The average molecular weight is 534 g/mol. The molecule has 13 heteroatoms. The zero-order valence-electron chi connectivity index (χ0n) is 19.3. The smallest absolute Gasteiger partial charge is 0.417 e. The first kappa shape index (κ1) is 27.9. The number of carbonyl (C=O) groups is 1. The minimum Gasteiger partial charge on any atom is -0.462 e. The van der Waals surface area contributed by atoms with E-state index in [2.05, 4.69) is 5.32 Å². The molecule has 9 nitrogen and oxygen atoms in total. The monoisotopic (exact) mass is 533 g/mol. The number of benzene rings is 2. The quantitative estimate of drug-likeness (QED) is 0.417. The molecular formula is C23H26F3NO8S. The van der Waals surface area contributed by atoms with Crippen LogP contribution in [0.4, 0.5) is 13.2 Å². The molecule has 1 heterocycles. The molecule has 0 radical (unpaired) electrons. The third kappa shape index (κ3) is 6.53. The van der Waals surface area contributed by atoms with Crippen molar-refractivity contribution in [1.82, 2.24) is 5.32 Å². The van der Waals surface area contributed by atoms with Crippen LogP contribution in [0.25, 0.3) is 11.1 Å². The summed E-state index contributed by atoms with van der Waals surface area (Å²) in [7, 11) is -3.48. The summed E-state index contributed by atoms with van der Waals surface area (Å²) < 4.78 is 76.7. The van der Waals surface area contributed by atoms with Gasteiger partial charge in [-0.3, -0.25) is 4.79 Å². The maximum atomic E-state index is 14.0. The average Bonchev–Trinajstić information content (AvgIpc) is 2.76. The highest BCUT2D eigenvalue weighted by atomic mass is 32.2. The number of hydrogen-bond donors (Lipinski definition) is 4. The highest BCUT2D eigenvalue weighted by Gasteiger charge is 2.46. The molecule has 2 aromatic rings. The van der Waals surface area contributed by atoms with E-state index in [1.165, 1.54) is 30.3 Å². The number of sulfone groups is 1. The molecular weight excluding hydrogens is 507 g/mol. The summed E-state index contributed by atoms with van der Waals surface area (Å²) in [6, 6.07) is 7.26. The lowest BCUT2D eigenvalue weighted by Gasteiger charge is -2.42. The van der Waals surface area contributed by atoms with Gasteiger partial charge in [0.2, 0.25) is 12.2 Å². The fraction of sp³-hybridized carbons (Fsp3) is 0.435. The topological polar surface area (TPSA) is 142 Å². The third-order valence-electron chi connectivity index (χ3n) is 5.47. The van der Waals surface area contributed by atoms with E-state index in [1.54, 1.807) is 0 Å². The fourth-order valence-electron chi connectivity index (χ4n) is 3.98. The van der Waals surface area contributed by atoms with Crippen molar-refractivity contribution in [2.75, 3.05) is 12.9 Å². The van der Waals surface area contributed by atoms with Crippen molar-refractivity contribution >= 4 is 15.7 Å². The second-order valence-electron chi connectivity index (χ2n) is 8.50. The molecule has 5 atom stereocenters. The first-order valence-electron chi connectivity index (χ1n) is 10.7. The number of nitrogens with one attached hydrogen (secondary N) is 1. The van der Waals surface area contributed by atoms with Crippen molar-refractivity contribution in [3.8, 4) is 16.9 Å². The number of ether oxygens (including phenoxy) is 2. The molecule has 0 aromatic heterocycles. The number of aliphatic hydroxyl groups is 3. The van der Waals surface area contributed by atoms with Crippen LogP contribution < -0.4 is 10.1 Å². The Balaban J connectivity index is 2.12. The van der Waals surface area contributed by atoms with Gasteiger partial charge in [0.25, 0.3) is 0 Å². The van der Waals surface area contributed by atoms with Gasteiger partial charge in [-0.15, -0.1) is 0 Å². The number of carbonyl (C=O) groups excluding carboxylic acids is 1. The predicted octanol–water partition coefficient (Wildman–Crippen LogP) is 1.24. The van der Waals surface area contributed by atoms with E-state index in [0.29, 0.717) is 0 Å². The van der Waals surface area contributed by atoms with Crippen LogP contribution in [-0.4, -0.2) is 73.2 Å². The van der Waals surface area contributed by atoms with Gasteiger partial charge >= 0.3 is 6.18 Å². The van der Waals surface area contributed by atoms with Gasteiger partial charge in [-0.05, 0) is 29.3 Å². The number of rotatable bonds is 7. The Morgan fingerprint density at radius 3 is 2.39 bits per heavy atom. The van der Waals surface area contributed by atoms with Crippen LogP contribution in [0.3, 0.4) is 0 Å². The SMILES string of the molecule is CC(=O)N[C@H]1[C@H](Oc2cccc(C(F)(F)F)c2-c2cccc(CS(C)(=O)=O)c2)O[C@H](CO)[C@H](O)[C@@H]1O. The Morgan fingerprint density at radius 2 is 1.81 bits per heavy atom. The normalized spacial score (nSPS) is 24.8. The lowest BCUT2D eigenvalue weighted by molar-refractivity contribution is -0.244. The Bertz CT molecular complexity index is 1200. The summed E-state index contributed by atoms with van der Waals surface area (Å²) in [6.07, 6.45) is -10.0. The van der Waals surface area contributed by atoms with Crippen LogP contribution in [0.1, 0.15) is 18.1 Å². The van der Waals surface area contributed by atoms with Gasteiger partial charge in [-0.25, -0.2) is 8.42 Å². The lowest BCUT2D eigenvalue weighted by Crippen LogP contribution is -2.65. The van der Waals surface area contributed by atoms with Crippen molar-refractivity contribution in [2.45, 2.75) is 49.5 Å². The number of alkyl halides is 3. The fourth-order valence-corrected chi connectivity index (χ4v) is 4.76. The van der Waals surface area contributed by atoms with Gasteiger partial charge in [0.1, 0.15) is 30.1 Å². The molecule has 0 bridgehead atoms. The van der Waals surface area contributed by atoms with Gasteiger partial charge in [0.05, 0.1) is 17.9 Å². The molecule has 0 unspecified atom stereocenters. The van der Waals surface area contributed by atoms with Gasteiger partial charge in [0, 0.05) is 18.7 Å². The lowest BCUT2D eigenvalue weighted by atomic mass is 9.95. The van der Waals surface area contributed by atoms with E-state index >= 15 is 0 Å². The minimum absolute atomic E-state index is 0.00486. The van der Waals surface area contributed by atoms with Crippen LogP contribution in [0.5, 0.6) is 5.75 Å². The van der Waals surface area contributed by atoms with Crippen molar-refractivity contribution in [3.05, 3.63) is 53.6 Å². The highest BCUT2D eigenvalue weighted by Crippen LogP contribution is 2.43. The number of hydrogen-bond acceptors (Lipinski definition) is 8. The van der Waals surface area contributed by atoms with Gasteiger partial charge in [0.15, 0.2) is 9.84 Å². The zero-order chi connectivity index (χ0) is 26.8. The Morgan fingerprint density at radius 1 is 1.14 bits per heavy atom. The molecule has 2 aromatic carbocycles. The van der Waals surface area contributed by atoms with E-state index in [4.69, 9.17) is 9.47 Å². The zero-order valence-corrected chi connectivity index (χ0v) is 20.1. The summed E-state index contributed by atoms with van der Waals surface area (Å²) in [6.45, 7) is 0.380. The molecule has 1 saturated heterocycles. The maximum absolute atomic E-state index is 14.0. The highest BCUT2D eigenvalue weighted by molar-refractivity contribution is 7.89. The van der Waals surface area contributed by atoms with Gasteiger partial charge < -0.3 is 30.1 Å². The Labute approximate surface area is 205 Å². The second-order valence-corrected chi connectivity index (χ2v) is 10.6. The summed E-state index contributed by atoms with van der Waals surface area (Å²) in [5.41, 5.74) is -1.25. The molecule has 1 amide bonds. The summed E-state index contributed by atoms with van der Waals surface area (Å²) in [5.74, 6) is -1.38. The van der Waals surface area contributed by atoms with Gasteiger partial charge in [-0.1, -0.05) is 24.3 Å². The maximum Gasteiger partial charge on any atom is 0.417 e. The van der Waals surface area contributed by atoms with Crippen molar-refractivity contribution < 1.29 is 51.2 Å². The Hall–Kier alpha value is -2.71. The first-order chi connectivity index (χ1) is 16.7. The molecule has 0 spiro atoms. The largest absolute Gasteiger partial charge is 0.462 e. The summed E-state index contributed by atoms with van der Waals surface area (Å²) in [4.78, 5) is 11.7. The molecule has 4 N–H and O–H groups in total. The standard InChI is InChI=1S/C23H26F3NO8S/c1-12(29)27-19-21(31)20(30)17(10-28)35-22(19)34-16-8-4-7-15(23(24,25)26)18(16)14-6-3-5-13(9-14)11-36(2,32)33/h3-9,17,19-22,28,30-31H,10-11H2,1-2H3,(H,27,29)/t17-,19-,20+,21-,22-/m1/s1. The molecule has 198 valence electrons. The summed E-state index contributed by atoms with van der Waals surface area (Å²) in [5, 5.41) is 32.5. The van der Waals surface area contributed by atoms with E-state index in [0.717, 1.165) is 25.3 Å². The third-order valence-corrected chi connectivity index (χ3v) is 6.33. The number of halogens is 3. The minimum atomic E-state index is -4.82. The summed E-state index contributed by atoms with van der Waals surface area (Å²) >= 11 is 0. The molecule has 1 aliphatic rings. The number of amides is 1. The van der Waals surface area contributed by atoms with E-state index in [9.17, 15) is 41.7 Å². The predicted molar refractivity (Wildman–Crippen MR) is 121 cm³/mol. The van der Waals surface area contributed by atoms with E-state index in [-0.39, 0.29) is 16.9 Å². The molecule has 36 heavy (non-hydrogen) atoms. The molecule has 1 fully saturated rings. The second kappa shape index (κ2) is 10.7. The molecule has 1 aliphatic heterocycles. The van der Waals surface area contributed by atoms with Crippen molar-refractivity contribution in [2.24, 2.45) is 0 Å². The van der Waals surface area contributed by atoms with Gasteiger partial charge in [-0.2, -0.15) is 13.2 Å². The van der Waals surface area contributed by atoms with Crippen LogP contribution in [0, 0.1) is 0 Å². The molecule has 3 rings (SSSR count). The van der Waals surface area contributed by atoms with Crippen LogP contribution in [0.2, 0.25) is 0 Å². The van der Waals surface area contributed by atoms with Crippen molar-refractivity contribution in [1.29, 1.82) is 0 Å². The number of aliphatic hydroxyl groups excluding tert-OH is 3. The van der Waals surface area contributed by atoms with Crippen LogP contribution in [0.15, 0.2) is 42.5 Å². The van der Waals surface area contributed by atoms with E-state index < -0.39 is 76.1 Å². The van der Waals surface area contributed by atoms with Crippen LogP contribution in [-0.2, 0) is 31.3 Å². The molecule has 0 saturated carbocycles. The first-order valence-corrected chi connectivity index (χ1v) is 12.8. The Kier molecular flexibility index (Phi) is 8.30. The molecule has 0 aliphatic carbocycles.